The first-order chi connectivity index (χ1) is 13.3. The van der Waals surface area contributed by atoms with Crippen LogP contribution in [0.25, 0.3) is 0 Å². The van der Waals surface area contributed by atoms with Gasteiger partial charge in [-0.2, -0.15) is 0 Å². The molecule has 0 aromatic heterocycles. The standard InChI is InChI=1S/C20H28N2O5S/c1-13-9-16-17(27-12-20(24)22-16)11-18(13)28(25,26)14(2)10-19(23)21-15-7-5-3-4-6-8-15/h9,11,14-15H,3-8,10,12H2,1-2H3,(H,21,23)(H,22,24). The summed E-state index contributed by atoms with van der Waals surface area (Å²) in [4.78, 5) is 24.0. The van der Waals surface area contributed by atoms with Gasteiger partial charge >= 0.3 is 0 Å². The molecule has 2 N–H and O–H groups in total. The average Bonchev–Trinajstić information content (AvgIpc) is 2.89. The summed E-state index contributed by atoms with van der Waals surface area (Å²) >= 11 is 0. The molecule has 1 fully saturated rings. The Morgan fingerprint density at radius 3 is 2.61 bits per heavy atom. The molecule has 1 heterocycles. The van der Waals surface area contributed by atoms with E-state index in [0.717, 1.165) is 25.7 Å². The molecule has 0 bridgehead atoms. The molecular weight excluding hydrogens is 380 g/mol. The van der Waals surface area contributed by atoms with E-state index < -0.39 is 15.1 Å². The monoisotopic (exact) mass is 408 g/mol. The van der Waals surface area contributed by atoms with Gasteiger partial charge in [-0.3, -0.25) is 9.59 Å². The molecule has 7 nitrogen and oxygen atoms in total. The highest BCUT2D eigenvalue weighted by Crippen LogP contribution is 2.34. The van der Waals surface area contributed by atoms with Gasteiger partial charge in [0.05, 0.1) is 15.8 Å². The first kappa shape index (κ1) is 20.6. The Balaban J connectivity index is 1.71. The van der Waals surface area contributed by atoms with Crippen molar-refractivity contribution >= 4 is 27.3 Å². The van der Waals surface area contributed by atoms with Gasteiger partial charge in [0.25, 0.3) is 5.91 Å². The SMILES string of the molecule is Cc1cc2c(cc1S(=O)(=O)C(C)CC(=O)NC1CCCCCC1)OCC(=O)N2. The fourth-order valence-corrected chi connectivity index (χ4v) is 5.40. The fraction of sp³-hybridized carbons (Fsp3) is 0.600. The Morgan fingerprint density at radius 2 is 1.93 bits per heavy atom. The number of carbonyl (C=O) groups is 2. The summed E-state index contributed by atoms with van der Waals surface area (Å²) in [6.07, 6.45) is 6.43. The van der Waals surface area contributed by atoms with Crippen LogP contribution in [0.4, 0.5) is 5.69 Å². The van der Waals surface area contributed by atoms with Crippen molar-refractivity contribution < 1.29 is 22.7 Å². The molecule has 1 aliphatic carbocycles. The van der Waals surface area contributed by atoms with E-state index in [9.17, 15) is 18.0 Å². The molecule has 0 radical (unpaired) electrons. The van der Waals surface area contributed by atoms with Crippen molar-refractivity contribution in [1.82, 2.24) is 5.32 Å². The topological polar surface area (TPSA) is 102 Å². The number of amides is 2. The molecule has 8 heteroatoms. The van der Waals surface area contributed by atoms with Crippen LogP contribution in [0.5, 0.6) is 5.75 Å². The molecular formula is C20H28N2O5S. The van der Waals surface area contributed by atoms with E-state index in [-0.39, 0.29) is 35.8 Å². The number of aryl methyl sites for hydroxylation is 1. The summed E-state index contributed by atoms with van der Waals surface area (Å²) in [6.45, 7) is 3.09. The number of ether oxygens (including phenoxy) is 1. The van der Waals surface area contributed by atoms with E-state index >= 15 is 0 Å². The lowest BCUT2D eigenvalue weighted by atomic mass is 10.1. The first-order valence-corrected chi connectivity index (χ1v) is 11.4. The molecule has 3 rings (SSSR count). The van der Waals surface area contributed by atoms with Gasteiger partial charge in [-0.15, -0.1) is 0 Å². The third-order valence-corrected chi connectivity index (χ3v) is 7.72. The predicted octanol–water partition coefficient (Wildman–Crippen LogP) is 2.72. The smallest absolute Gasteiger partial charge is 0.262 e. The maximum Gasteiger partial charge on any atom is 0.262 e. The highest BCUT2D eigenvalue weighted by molar-refractivity contribution is 7.92. The van der Waals surface area contributed by atoms with Gasteiger partial charge in [0.1, 0.15) is 5.75 Å². The number of fused-ring (bicyclic) bond motifs is 1. The van der Waals surface area contributed by atoms with Crippen molar-refractivity contribution in [2.45, 2.75) is 75.0 Å². The van der Waals surface area contributed by atoms with E-state index in [1.807, 2.05) is 0 Å². The van der Waals surface area contributed by atoms with Crippen molar-refractivity contribution in [3.63, 3.8) is 0 Å². The van der Waals surface area contributed by atoms with Gasteiger partial charge in [0, 0.05) is 18.5 Å². The van der Waals surface area contributed by atoms with Crippen LogP contribution >= 0.6 is 0 Å². The van der Waals surface area contributed by atoms with Crippen LogP contribution in [-0.4, -0.2) is 38.1 Å². The minimum Gasteiger partial charge on any atom is -0.482 e. The molecule has 28 heavy (non-hydrogen) atoms. The maximum atomic E-state index is 13.1. The Kier molecular flexibility index (Phi) is 6.27. The van der Waals surface area contributed by atoms with Gasteiger partial charge < -0.3 is 15.4 Å². The maximum absolute atomic E-state index is 13.1. The van der Waals surface area contributed by atoms with Crippen LogP contribution in [0.3, 0.4) is 0 Å². The minimum absolute atomic E-state index is 0.0764. The largest absolute Gasteiger partial charge is 0.482 e. The second-order valence-corrected chi connectivity index (χ2v) is 10.1. The summed E-state index contributed by atoms with van der Waals surface area (Å²) in [6, 6.07) is 3.18. The summed E-state index contributed by atoms with van der Waals surface area (Å²) in [7, 11) is -3.71. The fourth-order valence-electron chi connectivity index (χ4n) is 3.82. The van der Waals surface area contributed by atoms with Gasteiger partial charge in [-0.1, -0.05) is 25.7 Å². The summed E-state index contributed by atoms with van der Waals surface area (Å²) in [5.74, 6) is -0.160. The molecule has 1 saturated carbocycles. The van der Waals surface area contributed by atoms with E-state index in [1.54, 1.807) is 19.9 Å². The van der Waals surface area contributed by atoms with Crippen LogP contribution < -0.4 is 15.4 Å². The molecule has 0 spiro atoms. The Morgan fingerprint density at radius 1 is 1.25 bits per heavy atom. The molecule has 1 aliphatic heterocycles. The molecule has 2 aliphatic rings. The zero-order valence-corrected chi connectivity index (χ0v) is 17.2. The lowest BCUT2D eigenvalue weighted by molar-refractivity contribution is -0.122. The lowest BCUT2D eigenvalue weighted by Crippen LogP contribution is -2.37. The number of carbonyl (C=O) groups excluding carboxylic acids is 2. The van der Waals surface area contributed by atoms with Gasteiger partial charge in [-0.05, 0) is 38.3 Å². The van der Waals surface area contributed by atoms with Gasteiger partial charge in [-0.25, -0.2) is 8.42 Å². The van der Waals surface area contributed by atoms with Crippen LogP contribution in [0.1, 0.15) is 57.4 Å². The van der Waals surface area contributed by atoms with Crippen LogP contribution in [0.2, 0.25) is 0 Å². The Hall–Kier alpha value is -2.09. The molecule has 1 unspecified atom stereocenters. The number of rotatable bonds is 5. The molecule has 0 saturated heterocycles. The van der Waals surface area contributed by atoms with Crippen molar-refractivity contribution in [3.05, 3.63) is 17.7 Å². The number of hydrogen-bond donors (Lipinski definition) is 2. The number of hydrogen-bond acceptors (Lipinski definition) is 5. The van der Waals surface area contributed by atoms with E-state index in [1.165, 1.54) is 18.9 Å². The molecule has 154 valence electrons. The van der Waals surface area contributed by atoms with E-state index in [4.69, 9.17) is 4.74 Å². The normalized spacial score (nSPS) is 19.0. The van der Waals surface area contributed by atoms with Crippen molar-refractivity contribution in [3.8, 4) is 5.75 Å². The third-order valence-electron chi connectivity index (χ3n) is 5.44. The zero-order valence-electron chi connectivity index (χ0n) is 16.4. The Bertz CT molecular complexity index is 858. The first-order valence-electron chi connectivity index (χ1n) is 9.88. The second kappa shape index (κ2) is 8.51. The van der Waals surface area contributed by atoms with Gasteiger partial charge in [0.15, 0.2) is 16.4 Å². The number of anilines is 1. The zero-order chi connectivity index (χ0) is 20.3. The second-order valence-electron chi connectivity index (χ2n) is 7.77. The van der Waals surface area contributed by atoms with Crippen molar-refractivity contribution in [2.75, 3.05) is 11.9 Å². The lowest BCUT2D eigenvalue weighted by Gasteiger charge is -2.22. The highest BCUT2D eigenvalue weighted by atomic mass is 32.2. The van der Waals surface area contributed by atoms with E-state index in [0.29, 0.717) is 17.0 Å². The quantitative estimate of drug-likeness (QED) is 0.730. The third kappa shape index (κ3) is 4.66. The summed E-state index contributed by atoms with van der Waals surface area (Å²) < 4.78 is 31.5. The van der Waals surface area contributed by atoms with Crippen LogP contribution in [0, 0.1) is 6.92 Å². The van der Waals surface area contributed by atoms with E-state index in [2.05, 4.69) is 10.6 Å². The molecule has 1 aromatic carbocycles. The van der Waals surface area contributed by atoms with Crippen molar-refractivity contribution in [2.24, 2.45) is 0 Å². The minimum atomic E-state index is -3.71. The summed E-state index contributed by atoms with van der Waals surface area (Å²) in [5.41, 5.74) is 0.979. The van der Waals surface area contributed by atoms with Crippen molar-refractivity contribution in [1.29, 1.82) is 0 Å². The number of benzene rings is 1. The predicted molar refractivity (Wildman–Crippen MR) is 106 cm³/mol. The molecule has 1 atom stereocenters. The highest BCUT2D eigenvalue weighted by Gasteiger charge is 2.30. The Labute approximate surface area is 166 Å². The average molecular weight is 409 g/mol. The number of sulfone groups is 1. The molecule has 1 aromatic rings. The summed E-state index contributed by atoms with van der Waals surface area (Å²) in [5, 5.41) is 4.82. The van der Waals surface area contributed by atoms with Crippen LogP contribution in [-0.2, 0) is 19.4 Å². The molecule has 2 amide bonds. The number of nitrogens with one attached hydrogen (secondary N) is 2. The van der Waals surface area contributed by atoms with Crippen LogP contribution in [0.15, 0.2) is 17.0 Å². The van der Waals surface area contributed by atoms with Gasteiger partial charge in [0.2, 0.25) is 5.91 Å².